The number of hydrogen-bond acceptors (Lipinski definition) is 3. The van der Waals surface area contributed by atoms with Crippen molar-refractivity contribution in [1.82, 2.24) is 0 Å². The summed E-state index contributed by atoms with van der Waals surface area (Å²) in [5, 5.41) is 0. The van der Waals surface area contributed by atoms with Crippen LogP contribution in [0.25, 0.3) is 0 Å². The zero-order chi connectivity index (χ0) is 12.8. The van der Waals surface area contributed by atoms with Crippen LogP contribution in [0.4, 0.5) is 4.39 Å². The molecule has 0 heterocycles. The maximum Gasteiger partial charge on any atom is 0.310 e. The van der Waals surface area contributed by atoms with E-state index in [9.17, 15) is 9.18 Å². The van der Waals surface area contributed by atoms with E-state index in [1.54, 1.807) is 6.92 Å². The van der Waals surface area contributed by atoms with Crippen LogP contribution in [0.3, 0.4) is 0 Å². The van der Waals surface area contributed by atoms with Crippen molar-refractivity contribution in [3.63, 3.8) is 0 Å². The molecule has 0 aliphatic heterocycles. The van der Waals surface area contributed by atoms with Crippen molar-refractivity contribution < 1.29 is 18.7 Å². The molecular formula is C12H14ClFO3. The number of methoxy groups -OCH3 is 1. The smallest absolute Gasteiger partial charge is 0.310 e. The first-order chi connectivity index (χ1) is 8.12. The van der Waals surface area contributed by atoms with E-state index in [1.165, 1.54) is 19.2 Å². The maximum absolute atomic E-state index is 13.3. The Morgan fingerprint density at radius 2 is 2.18 bits per heavy atom. The predicted molar refractivity (Wildman–Crippen MR) is 62.8 cm³/mol. The topological polar surface area (TPSA) is 35.5 Å². The minimum absolute atomic E-state index is 0.00991. The molecule has 0 aliphatic rings. The van der Waals surface area contributed by atoms with E-state index in [0.717, 1.165) is 0 Å². The number of carbonyl (C=O) groups is 1. The lowest BCUT2D eigenvalue weighted by Crippen LogP contribution is -2.10. The number of hydrogen-bond donors (Lipinski definition) is 0. The Balaban J connectivity index is 3.04. The number of alkyl halides is 1. The van der Waals surface area contributed by atoms with E-state index in [0.29, 0.717) is 23.5 Å². The summed E-state index contributed by atoms with van der Waals surface area (Å²) in [4.78, 5) is 11.4. The van der Waals surface area contributed by atoms with Gasteiger partial charge in [-0.05, 0) is 18.6 Å². The molecular weight excluding hydrogens is 247 g/mol. The van der Waals surface area contributed by atoms with Gasteiger partial charge in [0, 0.05) is 11.6 Å². The second-order valence-electron chi connectivity index (χ2n) is 3.36. The number of carbonyl (C=O) groups excluding carboxylic acids is 1. The van der Waals surface area contributed by atoms with Gasteiger partial charge in [-0.15, -0.1) is 11.6 Å². The third-order valence-corrected chi connectivity index (χ3v) is 2.53. The van der Waals surface area contributed by atoms with E-state index in [4.69, 9.17) is 21.1 Å². The summed E-state index contributed by atoms with van der Waals surface area (Å²) in [5.41, 5.74) is 1.11. The number of halogens is 2. The summed E-state index contributed by atoms with van der Waals surface area (Å²) in [5.74, 6) is -0.376. The Hall–Kier alpha value is -1.29. The van der Waals surface area contributed by atoms with Crippen LogP contribution in [0, 0.1) is 5.82 Å². The molecule has 0 N–H and O–H groups in total. The van der Waals surface area contributed by atoms with Crippen molar-refractivity contribution >= 4 is 17.6 Å². The third kappa shape index (κ3) is 3.60. The molecule has 0 unspecified atom stereocenters. The average Bonchev–Trinajstić information content (AvgIpc) is 2.28. The lowest BCUT2D eigenvalue weighted by Gasteiger charge is -2.11. The van der Waals surface area contributed by atoms with Crippen LogP contribution in [0.2, 0.25) is 0 Å². The zero-order valence-corrected chi connectivity index (χ0v) is 10.5. The first-order valence-corrected chi connectivity index (χ1v) is 5.72. The summed E-state index contributed by atoms with van der Waals surface area (Å²) in [7, 11) is 1.43. The van der Waals surface area contributed by atoms with Gasteiger partial charge in [0.2, 0.25) is 0 Å². The van der Waals surface area contributed by atoms with Crippen molar-refractivity contribution in [2.75, 3.05) is 13.7 Å². The standard InChI is InChI=1S/C12H14ClFO3/c1-3-17-12(15)5-8-4-9(14)6-11(16-2)10(8)7-13/h4,6H,3,5,7H2,1-2H3. The number of ether oxygens (including phenoxy) is 2. The largest absolute Gasteiger partial charge is 0.496 e. The molecule has 94 valence electrons. The third-order valence-electron chi connectivity index (χ3n) is 2.26. The van der Waals surface area contributed by atoms with Crippen LogP contribution in [-0.4, -0.2) is 19.7 Å². The van der Waals surface area contributed by atoms with Gasteiger partial charge in [0.1, 0.15) is 11.6 Å². The van der Waals surface area contributed by atoms with Gasteiger partial charge in [-0.25, -0.2) is 4.39 Å². The Kier molecular flexibility index (Phi) is 5.22. The van der Waals surface area contributed by atoms with Crippen molar-refractivity contribution in [3.8, 4) is 5.75 Å². The lowest BCUT2D eigenvalue weighted by atomic mass is 10.0. The minimum Gasteiger partial charge on any atom is -0.496 e. The molecule has 1 aromatic carbocycles. The molecule has 0 aliphatic carbocycles. The molecule has 1 rings (SSSR count). The number of esters is 1. The highest BCUT2D eigenvalue weighted by atomic mass is 35.5. The summed E-state index contributed by atoms with van der Waals surface area (Å²) in [6, 6.07) is 2.52. The highest BCUT2D eigenvalue weighted by Crippen LogP contribution is 2.26. The first kappa shape index (κ1) is 13.8. The van der Waals surface area contributed by atoms with Gasteiger partial charge in [0.05, 0.1) is 26.0 Å². The molecule has 0 atom stereocenters. The van der Waals surface area contributed by atoms with E-state index >= 15 is 0 Å². The summed E-state index contributed by atoms with van der Waals surface area (Å²) in [6.07, 6.45) is -0.00991. The molecule has 0 saturated heterocycles. The monoisotopic (exact) mass is 260 g/mol. The second kappa shape index (κ2) is 6.45. The molecule has 1 aromatic rings. The first-order valence-electron chi connectivity index (χ1n) is 5.19. The quantitative estimate of drug-likeness (QED) is 0.603. The summed E-state index contributed by atoms with van der Waals surface area (Å²) in [6.45, 7) is 2.01. The Morgan fingerprint density at radius 1 is 1.47 bits per heavy atom. The van der Waals surface area contributed by atoms with Crippen molar-refractivity contribution in [2.24, 2.45) is 0 Å². The van der Waals surface area contributed by atoms with Gasteiger partial charge in [-0.3, -0.25) is 4.79 Å². The minimum atomic E-state index is -0.463. The van der Waals surface area contributed by atoms with Crippen LogP contribution in [-0.2, 0) is 21.8 Å². The predicted octanol–water partition coefficient (Wildman–Crippen LogP) is 2.68. The molecule has 0 aromatic heterocycles. The Morgan fingerprint density at radius 3 is 2.71 bits per heavy atom. The normalized spacial score (nSPS) is 10.1. The Labute approximate surface area is 104 Å². The van der Waals surface area contributed by atoms with Gasteiger partial charge >= 0.3 is 5.97 Å². The molecule has 0 spiro atoms. The molecule has 0 amide bonds. The van der Waals surface area contributed by atoms with Crippen molar-refractivity contribution in [3.05, 3.63) is 29.1 Å². The highest BCUT2D eigenvalue weighted by Gasteiger charge is 2.14. The molecule has 5 heteroatoms. The van der Waals surface area contributed by atoms with Crippen molar-refractivity contribution in [1.29, 1.82) is 0 Å². The van der Waals surface area contributed by atoms with Crippen LogP contribution in [0.15, 0.2) is 12.1 Å². The van der Waals surface area contributed by atoms with E-state index in [2.05, 4.69) is 0 Å². The second-order valence-corrected chi connectivity index (χ2v) is 3.63. The van der Waals surface area contributed by atoms with Crippen LogP contribution < -0.4 is 4.74 Å². The number of rotatable bonds is 5. The average molecular weight is 261 g/mol. The fourth-order valence-electron chi connectivity index (χ4n) is 1.52. The molecule has 0 bridgehead atoms. The van der Waals surface area contributed by atoms with Gasteiger partial charge in [-0.1, -0.05) is 0 Å². The summed E-state index contributed by atoms with van der Waals surface area (Å²) < 4.78 is 23.1. The van der Waals surface area contributed by atoms with E-state index in [1.807, 2.05) is 0 Å². The zero-order valence-electron chi connectivity index (χ0n) is 9.76. The van der Waals surface area contributed by atoms with Crippen molar-refractivity contribution in [2.45, 2.75) is 19.2 Å². The van der Waals surface area contributed by atoms with Gasteiger partial charge < -0.3 is 9.47 Å². The van der Waals surface area contributed by atoms with Gasteiger partial charge in [0.15, 0.2) is 0 Å². The highest BCUT2D eigenvalue weighted by molar-refractivity contribution is 6.17. The van der Waals surface area contributed by atoms with Gasteiger partial charge in [0.25, 0.3) is 0 Å². The molecule has 0 fully saturated rings. The van der Waals surface area contributed by atoms with Crippen LogP contribution in [0.1, 0.15) is 18.1 Å². The van der Waals surface area contributed by atoms with Gasteiger partial charge in [-0.2, -0.15) is 0 Å². The van der Waals surface area contributed by atoms with E-state index < -0.39 is 11.8 Å². The molecule has 0 radical (unpaired) electrons. The van der Waals surface area contributed by atoms with Crippen LogP contribution in [0.5, 0.6) is 5.75 Å². The Bertz CT molecular complexity index is 407. The lowest BCUT2D eigenvalue weighted by molar-refractivity contribution is -0.142. The molecule has 0 saturated carbocycles. The molecule has 3 nitrogen and oxygen atoms in total. The molecule has 17 heavy (non-hydrogen) atoms. The maximum atomic E-state index is 13.3. The SMILES string of the molecule is CCOC(=O)Cc1cc(F)cc(OC)c1CCl. The summed E-state index contributed by atoms with van der Waals surface area (Å²) >= 11 is 5.77. The number of benzene rings is 1. The fourth-order valence-corrected chi connectivity index (χ4v) is 1.83. The van der Waals surface area contributed by atoms with E-state index in [-0.39, 0.29) is 12.3 Å². The van der Waals surface area contributed by atoms with Crippen LogP contribution >= 0.6 is 11.6 Å². The fraction of sp³-hybridized carbons (Fsp3) is 0.417.